The summed E-state index contributed by atoms with van der Waals surface area (Å²) in [5, 5.41) is 0. The quantitative estimate of drug-likeness (QED) is 0.831. The van der Waals surface area contributed by atoms with E-state index in [9.17, 15) is 4.79 Å². The molecule has 110 valence electrons. The van der Waals surface area contributed by atoms with Crippen molar-refractivity contribution < 1.29 is 4.79 Å². The Kier molecular flexibility index (Phi) is 5.18. The maximum Gasteiger partial charge on any atom is 0.223 e. The molecule has 1 aliphatic carbocycles. The van der Waals surface area contributed by atoms with Gasteiger partial charge >= 0.3 is 0 Å². The summed E-state index contributed by atoms with van der Waals surface area (Å²) in [5.41, 5.74) is 8.31. The SMILES string of the molecule is CCc1ccc(CN(C(=O)CCC(C)N)C2CC2)cc1. The Morgan fingerprint density at radius 3 is 2.40 bits per heavy atom. The van der Waals surface area contributed by atoms with Crippen LogP contribution in [0.2, 0.25) is 0 Å². The van der Waals surface area contributed by atoms with Crippen molar-refractivity contribution in [2.24, 2.45) is 5.73 Å². The van der Waals surface area contributed by atoms with E-state index in [4.69, 9.17) is 5.73 Å². The second-order valence-electron chi connectivity index (χ2n) is 5.94. The predicted octanol–water partition coefficient (Wildman–Crippen LogP) is 2.87. The van der Waals surface area contributed by atoms with Crippen LogP contribution >= 0.6 is 0 Å². The first kappa shape index (κ1) is 15.0. The van der Waals surface area contributed by atoms with Gasteiger partial charge in [-0.15, -0.1) is 0 Å². The molecule has 0 bridgehead atoms. The number of carbonyl (C=O) groups is 1. The minimum Gasteiger partial charge on any atom is -0.335 e. The Balaban J connectivity index is 1.96. The van der Waals surface area contributed by atoms with E-state index in [0.717, 1.165) is 32.2 Å². The summed E-state index contributed by atoms with van der Waals surface area (Å²) >= 11 is 0. The standard InChI is InChI=1S/C17H26N2O/c1-3-14-5-7-15(8-6-14)12-19(16-9-10-16)17(20)11-4-13(2)18/h5-8,13,16H,3-4,9-12,18H2,1-2H3. The third-order valence-electron chi connectivity index (χ3n) is 3.91. The molecule has 1 fully saturated rings. The largest absolute Gasteiger partial charge is 0.335 e. The zero-order chi connectivity index (χ0) is 14.5. The number of carbonyl (C=O) groups excluding carboxylic acids is 1. The molecule has 1 atom stereocenters. The lowest BCUT2D eigenvalue weighted by molar-refractivity contribution is -0.132. The van der Waals surface area contributed by atoms with Gasteiger partial charge in [-0.2, -0.15) is 0 Å². The number of nitrogens with zero attached hydrogens (tertiary/aromatic N) is 1. The molecule has 0 spiro atoms. The van der Waals surface area contributed by atoms with Gasteiger partial charge in [0.2, 0.25) is 5.91 Å². The Morgan fingerprint density at radius 2 is 1.90 bits per heavy atom. The molecule has 3 heteroatoms. The lowest BCUT2D eigenvalue weighted by Gasteiger charge is -2.23. The first-order chi connectivity index (χ1) is 9.60. The maximum absolute atomic E-state index is 12.3. The molecule has 1 aromatic carbocycles. The van der Waals surface area contributed by atoms with E-state index in [-0.39, 0.29) is 11.9 Å². The highest BCUT2D eigenvalue weighted by Gasteiger charge is 2.32. The van der Waals surface area contributed by atoms with Gasteiger partial charge in [0, 0.05) is 25.0 Å². The first-order valence-corrected chi connectivity index (χ1v) is 7.73. The number of benzene rings is 1. The van der Waals surface area contributed by atoms with Crippen LogP contribution in [-0.2, 0) is 17.8 Å². The van der Waals surface area contributed by atoms with Crippen LogP contribution in [0.15, 0.2) is 24.3 Å². The molecule has 1 amide bonds. The van der Waals surface area contributed by atoms with Crippen molar-refractivity contribution in [2.75, 3.05) is 0 Å². The van der Waals surface area contributed by atoms with Gasteiger partial charge in [0.1, 0.15) is 0 Å². The Labute approximate surface area is 122 Å². The van der Waals surface area contributed by atoms with Crippen LogP contribution in [0.1, 0.15) is 50.7 Å². The zero-order valence-corrected chi connectivity index (χ0v) is 12.6. The topological polar surface area (TPSA) is 46.3 Å². The van der Waals surface area contributed by atoms with E-state index in [0.29, 0.717) is 12.5 Å². The van der Waals surface area contributed by atoms with Crippen LogP contribution in [0, 0.1) is 0 Å². The molecule has 0 saturated heterocycles. The molecule has 1 aliphatic rings. The lowest BCUT2D eigenvalue weighted by Crippen LogP contribution is -2.33. The number of rotatable bonds is 7. The summed E-state index contributed by atoms with van der Waals surface area (Å²) in [5.74, 6) is 0.254. The first-order valence-electron chi connectivity index (χ1n) is 7.73. The van der Waals surface area contributed by atoms with E-state index < -0.39 is 0 Å². The molecule has 1 saturated carbocycles. The molecule has 1 aromatic rings. The second-order valence-corrected chi connectivity index (χ2v) is 5.94. The summed E-state index contributed by atoms with van der Waals surface area (Å²) in [6.45, 7) is 4.85. The number of hydrogen-bond acceptors (Lipinski definition) is 2. The molecule has 0 radical (unpaired) electrons. The van der Waals surface area contributed by atoms with Crippen LogP contribution in [0.4, 0.5) is 0 Å². The summed E-state index contributed by atoms with van der Waals surface area (Å²) < 4.78 is 0. The molecular weight excluding hydrogens is 248 g/mol. The van der Waals surface area contributed by atoms with E-state index in [2.05, 4.69) is 31.2 Å². The third-order valence-corrected chi connectivity index (χ3v) is 3.91. The molecule has 20 heavy (non-hydrogen) atoms. The number of amides is 1. The van der Waals surface area contributed by atoms with E-state index in [1.165, 1.54) is 11.1 Å². The third kappa shape index (κ3) is 4.34. The molecule has 0 heterocycles. The molecule has 3 nitrogen and oxygen atoms in total. The van der Waals surface area contributed by atoms with Gasteiger partial charge in [-0.05, 0) is 43.7 Å². The average molecular weight is 274 g/mol. The van der Waals surface area contributed by atoms with Gasteiger partial charge in [-0.3, -0.25) is 4.79 Å². The van der Waals surface area contributed by atoms with Gasteiger partial charge in [0.05, 0.1) is 0 Å². The molecule has 2 N–H and O–H groups in total. The minimum atomic E-state index is 0.101. The van der Waals surface area contributed by atoms with Gasteiger partial charge in [0.15, 0.2) is 0 Å². The number of hydrogen-bond donors (Lipinski definition) is 1. The highest BCUT2D eigenvalue weighted by molar-refractivity contribution is 5.77. The monoisotopic (exact) mass is 274 g/mol. The van der Waals surface area contributed by atoms with E-state index >= 15 is 0 Å². The van der Waals surface area contributed by atoms with Crippen LogP contribution in [-0.4, -0.2) is 22.9 Å². The number of nitrogens with two attached hydrogens (primary N) is 1. The Bertz CT molecular complexity index is 435. The van der Waals surface area contributed by atoms with Crippen molar-refractivity contribution in [2.45, 2.75) is 64.6 Å². The number of aryl methyl sites for hydroxylation is 1. The average Bonchev–Trinajstić information content (AvgIpc) is 3.27. The molecular formula is C17H26N2O. The maximum atomic E-state index is 12.3. The lowest BCUT2D eigenvalue weighted by atomic mass is 10.1. The summed E-state index contributed by atoms with van der Waals surface area (Å²) in [4.78, 5) is 14.4. The van der Waals surface area contributed by atoms with Gasteiger partial charge in [0.25, 0.3) is 0 Å². The predicted molar refractivity (Wildman–Crippen MR) is 82.3 cm³/mol. The van der Waals surface area contributed by atoms with E-state index in [1.54, 1.807) is 0 Å². The fourth-order valence-electron chi connectivity index (χ4n) is 2.38. The van der Waals surface area contributed by atoms with Crippen LogP contribution in [0.3, 0.4) is 0 Å². The minimum absolute atomic E-state index is 0.101. The second kappa shape index (κ2) is 6.89. The Morgan fingerprint density at radius 1 is 1.30 bits per heavy atom. The van der Waals surface area contributed by atoms with Crippen LogP contribution < -0.4 is 5.73 Å². The zero-order valence-electron chi connectivity index (χ0n) is 12.6. The van der Waals surface area contributed by atoms with Crippen molar-refractivity contribution in [3.63, 3.8) is 0 Å². The highest BCUT2D eigenvalue weighted by atomic mass is 16.2. The normalized spacial score (nSPS) is 15.9. The smallest absolute Gasteiger partial charge is 0.223 e. The van der Waals surface area contributed by atoms with Gasteiger partial charge in [-0.25, -0.2) is 0 Å². The molecule has 2 rings (SSSR count). The van der Waals surface area contributed by atoms with Crippen LogP contribution in [0.25, 0.3) is 0 Å². The summed E-state index contributed by atoms with van der Waals surface area (Å²) in [6.07, 6.45) is 4.70. The van der Waals surface area contributed by atoms with Crippen molar-refractivity contribution in [3.8, 4) is 0 Å². The molecule has 0 aromatic heterocycles. The highest BCUT2D eigenvalue weighted by Crippen LogP contribution is 2.29. The molecule has 1 unspecified atom stereocenters. The summed E-state index contributed by atoms with van der Waals surface area (Å²) in [6, 6.07) is 9.17. The molecule has 0 aliphatic heterocycles. The fourth-order valence-corrected chi connectivity index (χ4v) is 2.38. The van der Waals surface area contributed by atoms with E-state index in [1.807, 2.05) is 11.8 Å². The van der Waals surface area contributed by atoms with Crippen molar-refractivity contribution in [3.05, 3.63) is 35.4 Å². The van der Waals surface area contributed by atoms with Crippen molar-refractivity contribution >= 4 is 5.91 Å². The fraction of sp³-hybridized carbons (Fsp3) is 0.588. The van der Waals surface area contributed by atoms with Crippen molar-refractivity contribution in [1.82, 2.24) is 4.90 Å². The summed E-state index contributed by atoms with van der Waals surface area (Å²) in [7, 11) is 0. The van der Waals surface area contributed by atoms with Crippen LogP contribution in [0.5, 0.6) is 0 Å². The van der Waals surface area contributed by atoms with Gasteiger partial charge in [-0.1, -0.05) is 31.2 Å². The van der Waals surface area contributed by atoms with Gasteiger partial charge < -0.3 is 10.6 Å². The van der Waals surface area contributed by atoms with Crippen molar-refractivity contribution in [1.29, 1.82) is 0 Å². The Hall–Kier alpha value is -1.35.